The lowest BCUT2D eigenvalue weighted by Crippen LogP contribution is -2.34. The molecular formula is C24H28N4O2S. The molecular weight excluding hydrogens is 408 g/mol. The van der Waals surface area contributed by atoms with Crippen LogP contribution in [0.3, 0.4) is 0 Å². The van der Waals surface area contributed by atoms with Crippen LogP contribution in [0.5, 0.6) is 0 Å². The minimum atomic E-state index is -0.229. The molecule has 0 atom stereocenters. The van der Waals surface area contributed by atoms with Gasteiger partial charge in [-0.3, -0.25) is 9.98 Å². The Hall–Kier alpha value is -3.16. The Balaban J connectivity index is 2.58. The highest BCUT2D eigenvalue weighted by atomic mass is 32.2. The lowest BCUT2D eigenvalue weighted by Gasteiger charge is -2.16. The maximum absolute atomic E-state index is 11.8. The van der Waals surface area contributed by atoms with E-state index in [4.69, 9.17) is 0 Å². The fourth-order valence-corrected chi connectivity index (χ4v) is 3.82. The summed E-state index contributed by atoms with van der Waals surface area (Å²) >= 11 is 1.44. The number of hydrogen-bond acceptors (Lipinski definition) is 5. The largest absolute Gasteiger partial charge is 0.390 e. The molecule has 0 aliphatic rings. The molecule has 7 heteroatoms. The van der Waals surface area contributed by atoms with Crippen molar-refractivity contribution >= 4 is 35.8 Å². The number of pyridine rings is 1. The topological polar surface area (TPSA) is 86.6 Å². The van der Waals surface area contributed by atoms with Crippen LogP contribution in [0.4, 0.5) is 10.5 Å². The summed E-state index contributed by atoms with van der Waals surface area (Å²) in [5.74, 6) is 0.354. The lowest BCUT2D eigenvalue weighted by molar-refractivity contribution is 0.243. The summed E-state index contributed by atoms with van der Waals surface area (Å²) in [6, 6.07) is 9.29. The van der Waals surface area contributed by atoms with E-state index in [2.05, 4.69) is 33.9 Å². The molecule has 0 bridgehead atoms. The monoisotopic (exact) mass is 436 g/mol. The predicted octanol–water partition coefficient (Wildman–Crippen LogP) is 5.09. The van der Waals surface area contributed by atoms with Gasteiger partial charge in [0.05, 0.1) is 29.6 Å². The summed E-state index contributed by atoms with van der Waals surface area (Å²) < 4.78 is 0. The average molecular weight is 437 g/mol. The molecule has 1 heterocycles. The summed E-state index contributed by atoms with van der Waals surface area (Å²) in [5.41, 5.74) is 4.78. The van der Waals surface area contributed by atoms with Gasteiger partial charge in [-0.25, -0.2) is 4.79 Å². The van der Waals surface area contributed by atoms with E-state index in [0.717, 1.165) is 21.6 Å². The number of nitrogens with zero attached hydrogens (tertiary/aromatic N) is 2. The van der Waals surface area contributed by atoms with Crippen LogP contribution in [0, 0.1) is 0 Å². The van der Waals surface area contributed by atoms with Gasteiger partial charge in [-0.05, 0) is 56.0 Å². The van der Waals surface area contributed by atoms with Crippen LogP contribution >= 0.6 is 11.8 Å². The van der Waals surface area contributed by atoms with Gasteiger partial charge in [0.1, 0.15) is 0 Å². The fraction of sp³-hybridized carbons (Fsp3) is 0.208. The van der Waals surface area contributed by atoms with E-state index in [-0.39, 0.29) is 12.6 Å². The number of rotatable bonds is 10. The zero-order valence-corrected chi connectivity index (χ0v) is 18.7. The van der Waals surface area contributed by atoms with Crippen molar-refractivity contribution in [1.82, 2.24) is 15.6 Å². The zero-order valence-electron chi connectivity index (χ0n) is 17.9. The number of carbonyl (C=O) groups is 1. The zero-order chi connectivity index (χ0) is 22.6. The number of nitrogens with one attached hydrogen (secondary N) is 2. The second-order valence-electron chi connectivity index (χ2n) is 6.37. The molecule has 2 rings (SSSR count). The number of aliphatic imine (C=N–C) groups is 1. The van der Waals surface area contributed by atoms with Crippen molar-refractivity contribution < 1.29 is 9.90 Å². The van der Waals surface area contributed by atoms with E-state index in [1.54, 1.807) is 12.1 Å². The minimum Gasteiger partial charge on any atom is -0.390 e. The number of aliphatic hydroxyl groups excluding tert-OH is 1. The molecule has 2 aromatic rings. The van der Waals surface area contributed by atoms with Crippen LogP contribution < -0.4 is 10.6 Å². The maximum Gasteiger partial charge on any atom is 0.315 e. The van der Waals surface area contributed by atoms with E-state index in [9.17, 15) is 9.90 Å². The van der Waals surface area contributed by atoms with E-state index < -0.39 is 0 Å². The molecule has 0 unspecified atom stereocenters. The Labute approximate surface area is 187 Å². The summed E-state index contributed by atoms with van der Waals surface area (Å²) in [7, 11) is 0. The molecule has 0 aliphatic heterocycles. The van der Waals surface area contributed by atoms with Crippen LogP contribution in [-0.4, -0.2) is 35.3 Å². The maximum atomic E-state index is 11.8. The first-order chi connectivity index (χ1) is 15.1. The van der Waals surface area contributed by atoms with Gasteiger partial charge in [0.25, 0.3) is 0 Å². The number of aromatic nitrogens is 1. The predicted molar refractivity (Wildman–Crippen MR) is 131 cm³/mol. The van der Waals surface area contributed by atoms with Crippen molar-refractivity contribution in [2.24, 2.45) is 4.99 Å². The number of urea groups is 1. The highest BCUT2D eigenvalue weighted by Crippen LogP contribution is 2.40. The Morgan fingerprint density at radius 3 is 2.77 bits per heavy atom. The fourth-order valence-electron chi connectivity index (χ4n) is 2.88. The van der Waals surface area contributed by atoms with Crippen molar-refractivity contribution in [3.05, 3.63) is 72.5 Å². The van der Waals surface area contributed by atoms with E-state index in [1.165, 1.54) is 11.8 Å². The van der Waals surface area contributed by atoms with Gasteiger partial charge in [0, 0.05) is 17.0 Å². The lowest BCUT2D eigenvalue weighted by atomic mass is 9.99. The van der Waals surface area contributed by atoms with Gasteiger partial charge in [-0.15, -0.1) is 11.8 Å². The normalized spacial score (nSPS) is 11.4. The van der Waals surface area contributed by atoms with Crippen molar-refractivity contribution in [1.29, 1.82) is 0 Å². The molecule has 3 N–H and O–H groups in total. The van der Waals surface area contributed by atoms with Gasteiger partial charge < -0.3 is 15.7 Å². The van der Waals surface area contributed by atoms with Gasteiger partial charge in [0.15, 0.2) is 0 Å². The SMILES string of the molecule is C=C/C=C\C(=C/C)c1cc(N=C)c(SCNC(=O)NCC)c(-c2cccc(CO)n2)c1. The first kappa shape index (κ1) is 24.1. The molecule has 162 valence electrons. The van der Waals surface area contributed by atoms with Crippen molar-refractivity contribution in [2.75, 3.05) is 12.4 Å². The third kappa shape index (κ3) is 6.67. The molecule has 1 aromatic heterocycles. The summed E-state index contributed by atoms with van der Waals surface area (Å²) in [4.78, 5) is 21.4. The minimum absolute atomic E-state index is 0.149. The summed E-state index contributed by atoms with van der Waals surface area (Å²) in [6.45, 7) is 11.7. The highest BCUT2D eigenvalue weighted by Gasteiger charge is 2.16. The molecule has 0 saturated heterocycles. The molecule has 0 saturated carbocycles. The molecule has 0 aliphatic carbocycles. The van der Waals surface area contributed by atoms with Crippen molar-refractivity contribution in [2.45, 2.75) is 25.3 Å². The number of carbonyl (C=O) groups excluding carboxylic acids is 1. The van der Waals surface area contributed by atoms with E-state index >= 15 is 0 Å². The molecule has 2 amide bonds. The van der Waals surface area contributed by atoms with Crippen LogP contribution in [0.1, 0.15) is 25.1 Å². The Kier molecular flexibility index (Phi) is 9.74. The Bertz CT molecular complexity index is 999. The number of amides is 2. The molecule has 1 aromatic carbocycles. The van der Waals surface area contributed by atoms with Crippen LogP contribution in [0.25, 0.3) is 16.8 Å². The quantitative estimate of drug-likeness (QED) is 0.210. The summed E-state index contributed by atoms with van der Waals surface area (Å²) in [5, 5.41) is 15.1. The number of hydrogen-bond donors (Lipinski definition) is 3. The number of benzene rings is 1. The first-order valence-electron chi connectivity index (χ1n) is 9.90. The van der Waals surface area contributed by atoms with Crippen LogP contribution in [0.2, 0.25) is 0 Å². The van der Waals surface area contributed by atoms with Gasteiger partial charge in [0.2, 0.25) is 0 Å². The average Bonchev–Trinajstić information content (AvgIpc) is 2.80. The third-order valence-electron chi connectivity index (χ3n) is 4.33. The number of thioether (sulfide) groups is 1. The Morgan fingerprint density at radius 2 is 2.13 bits per heavy atom. The molecule has 0 radical (unpaired) electrons. The van der Waals surface area contributed by atoms with Crippen molar-refractivity contribution in [3.63, 3.8) is 0 Å². The van der Waals surface area contributed by atoms with Gasteiger partial charge in [-0.1, -0.05) is 36.9 Å². The standard InChI is InChI=1S/C24H28N4O2S/c1-5-8-10-17(6-2)18-13-20(21-12-9-11-19(15-29)28-21)23(22(14-18)25-4)31-16-27-24(30)26-7-3/h5-6,8-14,29H,1,4,7,15-16H2,2-3H3,(H2,26,27,30)/b10-8-,17-6+. The van der Waals surface area contributed by atoms with Crippen LogP contribution in [-0.2, 0) is 6.61 Å². The van der Waals surface area contributed by atoms with Crippen molar-refractivity contribution in [3.8, 4) is 11.3 Å². The molecule has 0 fully saturated rings. The number of allylic oxidation sites excluding steroid dienone is 5. The smallest absolute Gasteiger partial charge is 0.315 e. The second kappa shape index (κ2) is 12.5. The molecule has 31 heavy (non-hydrogen) atoms. The number of aliphatic hydroxyl groups is 1. The highest BCUT2D eigenvalue weighted by molar-refractivity contribution is 7.99. The molecule has 6 nitrogen and oxygen atoms in total. The van der Waals surface area contributed by atoms with Gasteiger partial charge in [-0.2, -0.15) is 0 Å². The van der Waals surface area contributed by atoms with E-state index in [1.807, 2.05) is 56.3 Å². The molecule has 0 spiro atoms. The Morgan fingerprint density at radius 1 is 1.32 bits per heavy atom. The second-order valence-corrected chi connectivity index (χ2v) is 7.35. The summed E-state index contributed by atoms with van der Waals surface area (Å²) in [6.07, 6.45) is 7.58. The van der Waals surface area contributed by atoms with Crippen LogP contribution in [0.15, 0.2) is 71.1 Å². The van der Waals surface area contributed by atoms with Gasteiger partial charge >= 0.3 is 6.03 Å². The third-order valence-corrected chi connectivity index (χ3v) is 5.33. The van der Waals surface area contributed by atoms with E-state index in [0.29, 0.717) is 29.5 Å². The first-order valence-corrected chi connectivity index (χ1v) is 10.9.